The Hall–Kier alpha value is 0.570. The zero-order valence-corrected chi connectivity index (χ0v) is 7.51. The summed E-state index contributed by atoms with van der Waals surface area (Å²) >= 11 is 15.5. The van der Waals surface area contributed by atoms with Crippen molar-refractivity contribution in [1.82, 2.24) is 0 Å². The molecule has 0 aliphatic heterocycles. The fourth-order valence-electron chi connectivity index (χ4n) is 0.133. The number of hydrogen-bond donors (Lipinski definition) is 0. The smallest absolute Gasteiger partial charge is 0.435 e. The average Bonchev–Trinajstić information content (AvgIpc) is 1.62. The summed E-state index contributed by atoms with van der Waals surface area (Å²) in [5, 5.41) is -2.92. The third-order valence-corrected chi connectivity index (χ3v) is 1.44. The quantitative estimate of drug-likeness (QED) is 0.575. The highest BCUT2D eigenvalue weighted by molar-refractivity contribution is 8.26. The van der Waals surface area contributed by atoms with E-state index in [-0.39, 0.29) is 0 Å². The Morgan fingerprint density at radius 1 is 1.56 bits per heavy atom. The Balaban J connectivity index is 4.13. The molecule has 0 aromatic heterocycles. The zero-order valence-electron chi connectivity index (χ0n) is 4.34. The fraction of sp³-hybridized carbons (Fsp3) is 0.500. The average molecular weight is 210 g/mol. The van der Waals surface area contributed by atoms with Gasteiger partial charge in [0.1, 0.15) is 0 Å². The van der Waals surface area contributed by atoms with Gasteiger partial charge in [-0.15, -0.1) is 4.74 Å². The van der Waals surface area contributed by atoms with Crippen LogP contribution in [0.3, 0.4) is 0 Å². The van der Waals surface area contributed by atoms with E-state index in [1.54, 1.807) is 0 Å². The predicted molar refractivity (Wildman–Crippen MR) is 39.3 cm³/mol. The lowest BCUT2D eigenvalue weighted by Crippen LogP contribution is -1.88. The molecule has 0 aliphatic carbocycles. The minimum atomic E-state index is -2.92. The monoisotopic (exact) mass is 209 g/mol. The lowest BCUT2D eigenvalue weighted by atomic mass is 11.2. The minimum Gasteiger partial charge on any atom is -0.451 e. The largest absolute Gasteiger partial charge is 0.451 e. The molecule has 3 nitrogen and oxygen atoms in total. The van der Waals surface area contributed by atoms with Gasteiger partial charge >= 0.3 is 6.09 Å². The van der Waals surface area contributed by atoms with E-state index in [0.717, 1.165) is 7.11 Å². The summed E-state index contributed by atoms with van der Waals surface area (Å²) < 4.78 is 7.17. The van der Waals surface area contributed by atoms with Crippen molar-refractivity contribution in [2.45, 2.75) is 0 Å². The molecule has 0 aliphatic rings. The first-order chi connectivity index (χ1) is 3.95. The van der Waals surface area contributed by atoms with E-state index >= 15 is 0 Å². The molecule has 0 heterocycles. The van der Waals surface area contributed by atoms with Crippen molar-refractivity contribution in [3.05, 3.63) is 0 Å². The molecule has 0 fully saturated rings. The summed E-state index contributed by atoms with van der Waals surface area (Å²) in [6.07, 6.45) is -0.858. The molecule has 0 radical (unpaired) electrons. The van der Waals surface area contributed by atoms with Gasteiger partial charge in [0.2, 0.25) is 5.11 Å². The van der Waals surface area contributed by atoms with Gasteiger partial charge in [0.05, 0.1) is 7.11 Å². The van der Waals surface area contributed by atoms with Gasteiger partial charge in [-0.05, 0) is 33.7 Å². The summed E-state index contributed by atoms with van der Waals surface area (Å²) in [4.78, 5) is 10.2. The van der Waals surface area contributed by atoms with Crippen LogP contribution in [0.25, 0.3) is 0 Å². The molecular weight excluding hydrogens is 207 g/mol. The SMILES string of the molecule is COC(=O)N=P(Cl)(Cl)Cl. The van der Waals surface area contributed by atoms with Crippen molar-refractivity contribution in [1.29, 1.82) is 0 Å². The number of methoxy groups -OCH3 is 1. The summed E-state index contributed by atoms with van der Waals surface area (Å²) in [5.74, 6) is 0. The van der Waals surface area contributed by atoms with E-state index in [1.807, 2.05) is 0 Å². The maximum atomic E-state index is 10.2. The number of carbonyl (C=O) groups is 1. The molecule has 0 saturated carbocycles. The van der Waals surface area contributed by atoms with Gasteiger partial charge < -0.3 is 4.74 Å². The second-order valence-corrected chi connectivity index (χ2v) is 7.99. The van der Waals surface area contributed by atoms with Gasteiger partial charge in [-0.2, -0.15) is 0 Å². The van der Waals surface area contributed by atoms with Crippen molar-refractivity contribution >= 4 is 44.9 Å². The maximum absolute atomic E-state index is 10.2. The Bertz CT molecular complexity index is 155. The standard InChI is InChI=1S/C2H3Cl3NO2P/c1-8-2(7)6-9(3,4)5/h1H3. The molecule has 0 N–H and O–H groups in total. The van der Waals surface area contributed by atoms with E-state index in [0.29, 0.717) is 0 Å². The molecule has 0 aromatic carbocycles. The molecule has 0 rings (SSSR count). The van der Waals surface area contributed by atoms with Crippen LogP contribution in [0.2, 0.25) is 0 Å². The Morgan fingerprint density at radius 2 is 2.00 bits per heavy atom. The van der Waals surface area contributed by atoms with Crippen molar-refractivity contribution < 1.29 is 9.53 Å². The van der Waals surface area contributed by atoms with Gasteiger partial charge in [0.15, 0.2) is 0 Å². The Kier molecular flexibility index (Phi) is 3.90. The van der Waals surface area contributed by atoms with Crippen LogP contribution in [0.5, 0.6) is 0 Å². The molecule has 7 heteroatoms. The molecule has 0 saturated heterocycles. The molecule has 0 unspecified atom stereocenters. The van der Waals surface area contributed by atoms with Gasteiger partial charge in [0, 0.05) is 0 Å². The highest BCUT2D eigenvalue weighted by Crippen LogP contribution is 2.65. The van der Waals surface area contributed by atoms with Crippen LogP contribution >= 0.6 is 38.8 Å². The number of carbonyl (C=O) groups excluding carboxylic acids is 1. The third kappa shape index (κ3) is 6.46. The number of ether oxygens (including phenoxy) is 1. The van der Waals surface area contributed by atoms with Crippen LogP contribution in [0.15, 0.2) is 4.74 Å². The van der Waals surface area contributed by atoms with Crippen molar-refractivity contribution in [2.24, 2.45) is 4.74 Å². The van der Waals surface area contributed by atoms with Crippen LogP contribution in [0.4, 0.5) is 4.79 Å². The molecule has 1 amide bonds. The highest BCUT2D eigenvalue weighted by Gasteiger charge is 2.08. The van der Waals surface area contributed by atoms with Crippen LogP contribution in [0.1, 0.15) is 0 Å². The second kappa shape index (κ2) is 3.67. The number of halogens is 3. The first-order valence-corrected chi connectivity index (χ1v) is 6.20. The predicted octanol–water partition coefficient (Wildman–Crippen LogP) is 3.42. The zero-order chi connectivity index (χ0) is 7.49. The summed E-state index contributed by atoms with van der Waals surface area (Å²) in [6, 6.07) is 0. The maximum Gasteiger partial charge on any atom is 0.435 e. The molecular formula is C2H3Cl3NO2P. The molecule has 0 aromatic rings. The molecule has 9 heavy (non-hydrogen) atoms. The molecule has 54 valence electrons. The number of nitrogens with zero attached hydrogens (tertiary/aromatic N) is 1. The number of amides is 1. The van der Waals surface area contributed by atoms with E-state index in [4.69, 9.17) is 33.7 Å². The summed E-state index contributed by atoms with van der Waals surface area (Å²) in [6.45, 7) is 0. The minimum absolute atomic E-state index is 0.858. The van der Waals surface area contributed by atoms with Gasteiger partial charge in [-0.25, -0.2) is 4.79 Å². The van der Waals surface area contributed by atoms with E-state index in [1.165, 1.54) is 0 Å². The van der Waals surface area contributed by atoms with Gasteiger partial charge in [-0.3, -0.25) is 0 Å². The highest BCUT2D eigenvalue weighted by atomic mass is 36.0. The number of rotatable bonds is 0. The molecule has 0 spiro atoms. The van der Waals surface area contributed by atoms with Crippen molar-refractivity contribution in [3.8, 4) is 0 Å². The van der Waals surface area contributed by atoms with Gasteiger partial charge in [-0.1, -0.05) is 0 Å². The molecule has 0 atom stereocenters. The van der Waals surface area contributed by atoms with Crippen LogP contribution in [-0.2, 0) is 4.74 Å². The first kappa shape index (κ1) is 9.57. The first-order valence-electron chi connectivity index (χ1n) is 1.75. The third-order valence-electron chi connectivity index (χ3n) is 0.370. The van der Waals surface area contributed by atoms with Crippen molar-refractivity contribution in [2.75, 3.05) is 7.11 Å². The van der Waals surface area contributed by atoms with Crippen molar-refractivity contribution in [3.63, 3.8) is 0 Å². The van der Waals surface area contributed by atoms with Crippen LogP contribution < -0.4 is 0 Å². The number of hydrogen-bond acceptors (Lipinski definition) is 2. The lowest BCUT2D eigenvalue weighted by molar-refractivity contribution is 0.183. The second-order valence-electron chi connectivity index (χ2n) is 0.988. The Morgan fingerprint density at radius 3 is 2.11 bits per heavy atom. The van der Waals surface area contributed by atoms with Crippen LogP contribution in [-0.4, -0.2) is 13.2 Å². The lowest BCUT2D eigenvalue weighted by Gasteiger charge is -1.94. The van der Waals surface area contributed by atoms with E-state index in [9.17, 15) is 4.79 Å². The normalized spacial score (nSPS) is 10.7. The fourth-order valence-corrected chi connectivity index (χ4v) is 0.956. The summed E-state index contributed by atoms with van der Waals surface area (Å²) in [5.41, 5.74) is 0. The summed E-state index contributed by atoms with van der Waals surface area (Å²) in [7, 11) is 1.16. The topological polar surface area (TPSA) is 38.7 Å². The van der Waals surface area contributed by atoms with Gasteiger partial charge in [0.25, 0.3) is 0 Å². The van der Waals surface area contributed by atoms with Crippen LogP contribution in [0, 0.1) is 0 Å². The van der Waals surface area contributed by atoms with E-state index in [2.05, 4.69) is 9.48 Å². The van der Waals surface area contributed by atoms with E-state index < -0.39 is 11.2 Å². The Labute approximate surface area is 66.7 Å². The molecule has 0 bridgehead atoms.